The maximum atomic E-state index is 12.8. The number of likely N-dealkylation sites (tertiary alicyclic amines) is 1. The molecule has 1 aromatic heterocycles. The Labute approximate surface area is 149 Å². The Morgan fingerprint density at radius 2 is 2.00 bits per heavy atom. The molecular formula is C19H30N4O2. The highest BCUT2D eigenvalue weighted by molar-refractivity contribution is 5.97. The number of aromatic nitrogens is 2. The van der Waals surface area contributed by atoms with Crippen molar-refractivity contribution < 1.29 is 9.59 Å². The van der Waals surface area contributed by atoms with Gasteiger partial charge in [-0.25, -0.2) is 0 Å². The summed E-state index contributed by atoms with van der Waals surface area (Å²) in [5.41, 5.74) is 0.584. The first-order valence-electron chi connectivity index (χ1n) is 9.80. The number of nitrogens with zero attached hydrogens (tertiary/aromatic N) is 3. The van der Waals surface area contributed by atoms with Gasteiger partial charge in [-0.1, -0.05) is 26.2 Å². The molecule has 0 unspecified atom stereocenters. The van der Waals surface area contributed by atoms with Crippen molar-refractivity contribution >= 4 is 11.8 Å². The predicted octanol–water partition coefficient (Wildman–Crippen LogP) is 2.59. The van der Waals surface area contributed by atoms with E-state index in [9.17, 15) is 9.59 Å². The molecule has 1 aliphatic carbocycles. The third-order valence-corrected chi connectivity index (χ3v) is 5.44. The summed E-state index contributed by atoms with van der Waals surface area (Å²) in [5.74, 6) is 0.547. The number of carbonyl (C=O) groups is 2. The number of hydrogen-bond acceptors (Lipinski definition) is 3. The summed E-state index contributed by atoms with van der Waals surface area (Å²) < 4.78 is 1.79. The van der Waals surface area contributed by atoms with Crippen molar-refractivity contribution in [2.45, 2.75) is 70.9 Å². The van der Waals surface area contributed by atoms with E-state index in [1.54, 1.807) is 22.0 Å². The number of hydrogen-bond donors (Lipinski definition) is 1. The first-order chi connectivity index (χ1) is 12.2. The van der Waals surface area contributed by atoms with E-state index in [1.807, 2.05) is 0 Å². The highest BCUT2D eigenvalue weighted by Gasteiger charge is 2.35. The minimum absolute atomic E-state index is 0.0115. The highest BCUT2D eigenvalue weighted by Crippen LogP contribution is 2.24. The zero-order valence-electron chi connectivity index (χ0n) is 15.2. The fraction of sp³-hybridized carbons (Fsp3) is 0.737. The van der Waals surface area contributed by atoms with E-state index in [0.29, 0.717) is 18.0 Å². The van der Waals surface area contributed by atoms with Gasteiger partial charge in [0.2, 0.25) is 5.91 Å². The molecule has 2 aliphatic rings. The second-order valence-corrected chi connectivity index (χ2v) is 7.40. The molecule has 0 bridgehead atoms. The molecule has 6 nitrogen and oxygen atoms in total. The fourth-order valence-electron chi connectivity index (χ4n) is 4.03. The second-order valence-electron chi connectivity index (χ2n) is 7.40. The van der Waals surface area contributed by atoms with E-state index in [-0.39, 0.29) is 17.9 Å². The van der Waals surface area contributed by atoms with Gasteiger partial charge in [0.25, 0.3) is 5.91 Å². The standard InChI is InChI=1S/C19H30N4O2/c1-2-10-22-14-16(13-21-22)19(25)23-11-6-9-17(23)18(24)20-12-15-7-4-3-5-8-15/h13-15,17H,2-12H2,1H3,(H,20,24)/t17-/m1/s1. The first kappa shape index (κ1) is 18.0. The van der Waals surface area contributed by atoms with Crippen molar-refractivity contribution in [1.82, 2.24) is 20.0 Å². The molecule has 2 heterocycles. The van der Waals surface area contributed by atoms with Gasteiger partial charge in [0.15, 0.2) is 0 Å². The molecule has 2 amide bonds. The number of rotatable bonds is 6. The van der Waals surface area contributed by atoms with Gasteiger partial charge < -0.3 is 10.2 Å². The number of carbonyl (C=O) groups excluding carboxylic acids is 2. The molecule has 0 spiro atoms. The van der Waals surface area contributed by atoms with Gasteiger partial charge in [-0.3, -0.25) is 14.3 Å². The van der Waals surface area contributed by atoms with Crippen LogP contribution in [0.2, 0.25) is 0 Å². The predicted molar refractivity (Wildman–Crippen MR) is 96.2 cm³/mol. The van der Waals surface area contributed by atoms with Gasteiger partial charge in [-0.05, 0) is 38.0 Å². The van der Waals surface area contributed by atoms with E-state index in [0.717, 1.165) is 32.4 Å². The third kappa shape index (κ3) is 4.41. The normalized spacial score (nSPS) is 21.5. The zero-order chi connectivity index (χ0) is 17.6. The molecular weight excluding hydrogens is 316 g/mol. The van der Waals surface area contributed by atoms with E-state index in [4.69, 9.17) is 0 Å². The Hall–Kier alpha value is -1.85. The topological polar surface area (TPSA) is 67.2 Å². The van der Waals surface area contributed by atoms with Crippen LogP contribution in [-0.4, -0.2) is 45.6 Å². The Balaban J connectivity index is 1.56. The van der Waals surface area contributed by atoms with Crippen LogP contribution >= 0.6 is 0 Å². The van der Waals surface area contributed by atoms with Crippen LogP contribution in [0.4, 0.5) is 0 Å². The molecule has 138 valence electrons. The number of aryl methyl sites for hydroxylation is 1. The Kier molecular flexibility index (Phi) is 6.10. The summed E-state index contributed by atoms with van der Waals surface area (Å²) in [5, 5.41) is 7.34. The minimum atomic E-state index is -0.328. The van der Waals surface area contributed by atoms with Gasteiger partial charge in [0, 0.05) is 25.8 Å². The van der Waals surface area contributed by atoms with Crippen LogP contribution in [0.25, 0.3) is 0 Å². The van der Waals surface area contributed by atoms with E-state index in [1.165, 1.54) is 32.1 Å². The minimum Gasteiger partial charge on any atom is -0.354 e. The second kappa shape index (κ2) is 8.50. The van der Waals surface area contributed by atoms with Crippen molar-refractivity contribution in [2.75, 3.05) is 13.1 Å². The Morgan fingerprint density at radius 3 is 2.76 bits per heavy atom. The van der Waals surface area contributed by atoms with Crippen LogP contribution in [0.1, 0.15) is 68.6 Å². The van der Waals surface area contributed by atoms with Crippen LogP contribution in [0.5, 0.6) is 0 Å². The molecule has 0 radical (unpaired) electrons. The quantitative estimate of drug-likeness (QED) is 0.861. The molecule has 0 aromatic carbocycles. The summed E-state index contributed by atoms with van der Waals surface area (Å²) in [4.78, 5) is 27.1. The van der Waals surface area contributed by atoms with Crippen molar-refractivity contribution in [1.29, 1.82) is 0 Å². The maximum Gasteiger partial charge on any atom is 0.257 e. The zero-order valence-corrected chi connectivity index (χ0v) is 15.2. The van der Waals surface area contributed by atoms with Gasteiger partial charge >= 0.3 is 0 Å². The molecule has 1 atom stereocenters. The molecule has 1 saturated heterocycles. The van der Waals surface area contributed by atoms with E-state index in [2.05, 4.69) is 17.3 Å². The van der Waals surface area contributed by atoms with Gasteiger partial charge in [-0.15, -0.1) is 0 Å². The molecule has 25 heavy (non-hydrogen) atoms. The van der Waals surface area contributed by atoms with Crippen LogP contribution in [0, 0.1) is 5.92 Å². The largest absolute Gasteiger partial charge is 0.354 e. The number of nitrogens with one attached hydrogen (secondary N) is 1. The van der Waals surface area contributed by atoms with Gasteiger partial charge in [0.1, 0.15) is 6.04 Å². The summed E-state index contributed by atoms with van der Waals surface area (Å²) in [6, 6.07) is -0.328. The highest BCUT2D eigenvalue weighted by atomic mass is 16.2. The van der Waals surface area contributed by atoms with Crippen LogP contribution < -0.4 is 5.32 Å². The van der Waals surface area contributed by atoms with Crippen molar-refractivity contribution in [3.8, 4) is 0 Å². The lowest BCUT2D eigenvalue weighted by molar-refractivity contribution is -0.125. The smallest absolute Gasteiger partial charge is 0.257 e. The monoisotopic (exact) mass is 346 g/mol. The lowest BCUT2D eigenvalue weighted by Gasteiger charge is -2.26. The van der Waals surface area contributed by atoms with Gasteiger partial charge in [0.05, 0.1) is 11.8 Å². The molecule has 2 fully saturated rings. The van der Waals surface area contributed by atoms with Crippen molar-refractivity contribution in [3.63, 3.8) is 0 Å². The van der Waals surface area contributed by atoms with E-state index < -0.39 is 0 Å². The third-order valence-electron chi connectivity index (χ3n) is 5.44. The fourth-order valence-corrected chi connectivity index (χ4v) is 4.03. The lowest BCUT2D eigenvalue weighted by Crippen LogP contribution is -2.47. The van der Waals surface area contributed by atoms with Crippen molar-refractivity contribution in [3.05, 3.63) is 18.0 Å². The average Bonchev–Trinajstić information content (AvgIpc) is 3.30. The van der Waals surface area contributed by atoms with Gasteiger partial charge in [-0.2, -0.15) is 5.10 Å². The van der Waals surface area contributed by atoms with Crippen molar-refractivity contribution in [2.24, 2.45) is 5.92 Å². The summed E-state index contributed by atoms with van der Waals surface area (Å²) in [6.45, 7) is 4.29. The SMILES string of the molecule is CCCn1cc(C(=O)N2CCC[C@@H]2C(=O)NCC2CCCCC2)cn1. The summed E-state index contributed by atoms with van der Waals surface area (Å²) in [7, 11) is 0. The molecule has 1 saturated carbocycles. The maximum absolute atomic E-state index is 12.8. The lowest BCUT2D eigenvalue weighted by atomic mass is 9.89. The molecule has 1 N–H and O–H groups in total. The molecule has 6 heteroatoms. The molecule has 3 rings (SSSR count). The Morgan fingerprint density at radius 1 is 1.20 bits per heavy atom. The average molecular weight is 346 g/mol. The van der Waals surface area contributed by atoms with Crippen LogP contribution in [0.3, 0.4) is 0 Å². The van der Waals surface area contributed by atoms with E-state index >= 15 is 0 Å². The Bertz CT molecular complexity index is 592. The van der Waals surface area contributed by atoms with Crippen LogP contribution in [0.15, 0.2) is 12.4 Å². The number of amides is 2. The molecule has 1 aliphatic heterocycles. The first-order valence-corrected chi connectivity index (χ1v) is 9.80. The summed E-state index contributed by atoms with van der Waals surface area (Å²) >= 11 is 0. The summed E-state index contributed by atoms with van der Waals surface area (Å²) in [6.07, 6.45) is 12.3. The molecule has 1 aromatic rings. The van der Waals surface area contributed by atoms with Crippen LogP contribution in [-0.2, 0) is 11.3 Å².